The van der Waals surface area contributed by atoms with E-state index in [1.807, 2.05) is 36.7 Å². The van der Waals surface area contributed by atoms with Crippen molar-refractivity contribution in [1.29, 1.82) is 0 Å². The number of carboxylic acid groups (broad SMARTS) is 1. The van der Waals surface area contributed by atoms with Crippen LogP contribution in [-0.2, 0) is 16.6 Å². The number of carboxylic acids is 1. The molecule has 0 aliphatic heterocycles. The van der Waals surface area contributed by atoms with Gasteiger partial charge >= 0.3 is 5.97 Å². The zero-order chi connectivity index (χ0) is 14.0. The zero-order valence-corrected chi connectivity index (χ0v) is 10.8. The lowest BCUT2D eigenvalue weighted by molar-refractivity contribution is -0.141. The number of hydrogen-bond acceptors (Lipinski definition) is 3. The van der Waals surface area contributed by atoms with Gasteiger partial charge < -0.3 is 14.4 Å². The highest BCUT2D eigenvalue weighted by atomic mass is 16.5. The number of aryl methyl sites for hydroxylation is 2. The van der Waals surface area contributed by atoms with Crippen molar-refractivity contribution >= 4 is 22.7 Å². The molecule has 19 heavy (non-hydrogen) atoms. The van der Waals surface area contributed by atoms with Crippen LogP contribution in [0.1, 0.15) is 15.9 Å². The molecule has 2 aromatic rings. The summed E-state index contributed by atoms with van der Waals surface area (Å²) >= 11 is 0. The predicted octanol–water partition coefficient (Wildman–Crippen LogP) is 1.77. The summed E-state index contributed by atoms with van der Waals surface area (Å²) in [5, 5.41) is 9.32. The fraction of sp³-hybridized carbons (Fsp3) is 0.286. The number of Topliss-reactive ketones (excluding diaryl/α,β-unsaturated/α-hetero) is 1. The van der Waals surface area contributed by atoms with Gasteiger partial charge in [0.25, 0.3) is 0 Å². The highest BCUT2D eigenvalue weighted by Crippen LogP contribution is 2.22. The Balaban J connectivity index is 2.25. The van der Waals surface area contributed by atoms with Crippen LogP contribution in [0.15, 0.2) is 24.4 Å². The standard InChI is InChI=1S/C14H15NO4/c1-9-3-4-10-11(6-15(2)12(10)5-9)13(16)7-19-8-14(17)18/h3-6H,7-8H2,1-2H3,(H,17,18). The van der Waals surface area contributed by atoms with E-state index in [0.29, 0.717) is 5.56 Å². The molecule has 1 heterocycles. The van der Waals surface area contributed by atoms with Gasteiger partial charge in [0.15, 0.2) is 5.78 Å². The van der Waals surface area contributed by atoms with Gasteiger partial charge in [0.2, 0.25) is 0 Å². The molecule has 1 aromatic heterocycles. The minimum Gasteiger partial charge on any atom is -0.480 e. The third-order valence-electron chi connectivity index (χ3n) is 2.91. The van der Waals surface area contributed by atoms with Gasteiger partial charge in [-0.15, -0.1) is 0 Å². The van der Waals surface area contributed by atoms with Crippen molar-refractivity contribution in [3.05, 3.63) is 35.5 Å². The minimum atomic E-state index is -1.08. The van der Waals surface area contributed by atoms with Gasteiger partial charge in [-0.3, -0.25) is 4.79 Å². The molecule has 2 rings (SSSR count). The molecule has 1 aromatic carbocycles. The van der Waals surface area contributed by atoms with Crippen molar-refractivity contribution in [2.75, 3.05) is 13.2 Å². The summed E-state index contributed by atoms with van der Waals surface area (Å²) in [7, 11) is 1.87. The van der Waals surface area contributed by atoms with Gasteiger partial charge in [0, 0.05) is 29.7 Å². The maximum Gasteiger partial charge on any atom is 0.329 e. The molecule has 0 aliphatic carbocycles. The van der Waals surface area contributed by atoms with Crippen LogP contribution in [0, 0.1) is 6.92 Å². The zero-order valence-electron chi connectivity index (χ0n) is 10.8. The Hall–Kier alpha value is -2.14. The van der Waals surface area contributed by atoms with E-state index in [4.69, 9.17) is 9.84 Å². The first-order valence-electron chi connectivity index (χ1n) is 5.87. The molecule has 1 N–H and O–H groups in total. The van der Waals surface area contributed by atoms with E-state index in [0.717, 1.165) is 16.5 Å². The SMILES string of the molecule is Cc1ccc2c(C(=O)COCC(=O)O)cn(C)c2c1. The fourth-order valence-electron chi connectivity index (χ4n) is 2.02. The first kappa shape index (κ1) is 13.3. The third-order valence-corrected chi connectivity index (χ3v) is 2.91. The third kappa shape index (κ3) is 2.82. The topological polar surface area (TPSA) is 68.5 Å². The molecule has 5 nitrogen and oxygen atoms in total. The molecule has 5 heteroatoms. The lowest BCUT2D eigenvalue weighted by Gasteiger charge is -2.00. The van der Waals surface area contributed by atoms with E-state index in [-0.39, 0.29) is 12.4 Å². The van der Waals surface area contributed by atoms with Crippen LogP contribution in [0.3, 0.4) is 0 Å². The van der Waals surface area contributed by atoms with E-state index >= 15 is 0 Å². The van der Waals surface area contributed by atoms with E-state index in [1.54, 1.807) is 6.20 Å². The summed E-state index contributed by atoms with van der Waals surface area (Å²) in [6.45, 7) is 1.30. The van der Waals surface area contributed by atoms with Crippen molar-refractivity contribution in [1.82, 2.24) is 4.57 Å². The Kier molecular flexibility index (Phi) is 3.66. The lowest BCUT2D eigenvalue weighted by Crippen LogP contribution is -2.14. The van der Waals surface area contributed by atoms with Gasteiger partial charge in [0.05, 0.1) is 0 Å². The highest BCUT2D eigenvalue weighted by Gasteiger charge is 2.14. The molecular formula is C14H15NO4. The van der Waals surface area contributed by atoms with Crippen LogP contribution in [0.4, 0.5) is 0 Å². The molecule has 0 atom stereocenters. The maximum absolute atomic E-state index is 12.0. The van der Waals surface area contributed by atoms with Crippen molar-refractivity contribution in [3.8, 4) is 0 Å². The van der Waals surface area contributed by atoms with Gasteiger partial charge in [-0.25, -0.2) is 4.79 Å². The fourth-order valence-corrected chi connectivity index (χ4v) is 2.02. The molecule has 0 saturated carbocycles. The maximum atomic E-state index is 12.0. The number of ether oxygens (including phenoxy) is 1. The number of carbonyl (C=O) groups is 2. The number of hydrogen-bond donors (Lipinski definition) is 1. The summed E-state index contributed by atoms with van der Waals surface area (Å²) in [5.41, 5.74) is 2.65. The number of ketones is 1. The molecule has 0 amide bonds. The Bertz CT molecular complexity index is 642. The second-order valence-electron chi connectivity index (χ2n) is 4.48. The summed E-state index contributed by atoms with van der Waals surface area (Å²) in [6, 6.07) is 5.84. The molecule has 0 radical (unpaired) electrons. The lowest BCUT2D eigenvalue weighted by atomic mass is 10.1. The average molecular weight is 261 g/mol. The Labute approximate surface area is 110 Å². The number of nitrogens with zero attached hydrogens (tertiary/aromatic N) is 1. The number of rotatable bonds is 5. The van der Waals surface area contributed by atoms with Crippen molar-refractivity contribution in [3.63, 3.8) is 0 Å². The monoisotopic (exact) mass is 261 g/mol. The quantitative estimate of drug-likeness (QED) is 0.833. The van der Waals surface area contributed by atoms with E-state index in [2.05, 4.69) is 0 Å². The van der Waals surface area contributed by atoms with Crippen LogP contribution in [0.5, 0.6) is 0 Å². The number of aromatic nitrogens is 1. The number of carbonyl (C=O) groups excluding carboxylic acids is 1. The van der Waals surface area contributed by atoms with Crippen LogP contribution in [-0.4, -0.2) is 34.6 Å². The molecule has 0 saturated heterocycles. The molecule has 0 aliphatic rings. The molecule has 0 bridgehead atoms. The first-order valence-corrected chi connectivity index (χ1v) is 5.87. The van der Waals surface area contributed by atoms with E-state index in [1.165, 1.54) is 0 Å². The van der Waals surface area contributed by atoms with Gasteiger partial charge in [-0.1, -0.05) is 12.1 Å². The van der Waals surface area contributed by atoms with E-state index < -0.39 is 12.6 Å². The highest BCUT2D eigenvalue weighted by molar-refractivity contribution is 6.08. The average Bonchev–Trinajstić information content (AvgIpc) is 2.66. The summed E-state index contributed by atoms with van der Waals surface area (Å²) in [5.74, 6) is -1.29. The summed E-state index contributed by atoms with van der Waals surface area (Å²) < 4.78 is 6.72. The largest absolute Gasteiger partial charge is 0.480 e. The molecule has 100 valence electrons. The normalized spacial score (nSPS) is 10.8. The van der Waals surface area contributed by atoms with Crippen LogP contribution < -0.4 is 0 Å². The van der Waals surface area contributed by atoms with Gasteiger partial charge in [-0.2, -0.15) is 0 Å². The molecule has 0 unspecified atom stereocenters. The summed E-state index contributed by atoms with van der Waals surface area (Å²) in [6.07, 6.45) is 1.75. The molecular weight excluding hydrogens is 246 g/mol. The number of aliphatic carboxylic acids is 1. The Morgan fingerprint density at radius 1 is 1.32 bits per heavy atom. The predicted molar refractivity (Wildman–Crippen MR) is 70.4 cm³/mol. The Morgan fingerprint density at radius 3 is 2.74 bits per heavy atom. The minimum absolute atomic E-state index is 0.212. The van der Waals surface area contributed by atoms with Crippen molar-refractivity contribution in [2.24, 2.45) is 7.05 Å². The van der Waals surface area contributed by atoms with Crippen LogP contribution >= 0.6 is 0 Å². The van der Waals surface area contributed by atoms with Gasteiger partial charge in [-0.05, 0) is 18.6 Å². The van der Waals surface area contributed by atoms with Crippen molar-refractivity contribution < 1.29 is 19.4 Å². The second kappa shape index (κ2) is 5.24. The second-order valence-corrected chi connectivity index (χ2v) is 4.48. The number of fused-ring (bicyclic) bond motifs is 1. The van der Waals surface area contributed by atoms with E-state index in [9.17, 15) is 9.59 Å². The summed E-state index contributed by atoms with van der Waals surface area (Å²) in [4.78, 5) is 22.3. The first-order chi connectivity index (χ1) is 8.99. The van der Waals surface area contributed by atoms with Gasteiger partial charge in [0.1, 0.15) is 13.2 Å². The smallest absolute Gasteiger partial charge is 0.329 e. The number of benzene rings is 1. The van der Waals surface area contributed by atoms with Crippen molar-refractivity contribution in [2.45, 2.75) is 6.92 Å². The molecule has 0 fully saturated rings. The van der Waals surface area contributed by atoms with Crippen LogP contribution in [0.25, 0.3) is 10.9 Å². The Morgan fingerprint density at radius 2 is 2.05 bits per heavy atom. The molecule has 0 spiro atoms. The van der Waals surface area contributed by atoms with Crippen LogP contribution in [0.2, 0.25) is 0 Å².